The fraction of sp³-hybridized carbons (Fsp3) is 0.167. The summed E-state index contributed by atoms with van der Waals surface area (Å²) in [6.07, 6.45) is 2.71. The summed E-state index contributed by atoms with van der Waals surface area (Å²) in [5.74, 6) is 0.00875. The van der Waals surface area contributed by atoms with Crippen LogP contribution in [0.15, 0.2) is 18.5 Å². The molecule has 0 saturated carbocycles. The summed E-state index contributed by atoms with van der Waals surface area (Å²) in [4.78, 5) is 3.64. The van der Waals surface area contributed by atoms with Gasteiger partial charge in [-0.25, -0.2) is 4.21 Å². The van der Waals surface area contributed by atoms with Gasteiger partial charge in [0.2, 0.25) is 0 Å². The molecule has 1 atom stereocenters. The van der Waals surface area contributed by atoms with Crippen LogP contribution in [0.2, 0.25) is 0 Å². The average Bonchev–Trinajstić information content (AvgIpc) is 1.85. The molecule has 0 spiro atoms. The molecule has 0 fully saturated rings. The van der Waals surface area contributed by atoms with Crippen LogP contribution in [0.25, 0.3) is 0 Å². The number of pyridine rings is 1. The van der Waals surface area contributed by atoms with Gasteiger partial charge in [-0.15, -0.1) is 0 Å². The summed E-state index contributed by atoms with van der Waals surface area (Å²) in [6, 6.07) is 1.40. The maximum atomic E-state index is 10.3. The molecule has 0 saturated heterocycles. The zero-order valence-electron chi connectivity index (χ0n) is 5.60. The van der Waals surface area contributed by atoms with Gasteiger partial charge in [0.1, 0.15) is 5.75 Å². The number of hydrogen-bond donors (Lipinski definition) is 2. The van der Waals surface area contributed by atoms with E-state index in [1.54, 1.807) is 0 Å². The molecule has 1 rings (SSSR count). The summed E-state index contributed by atoms with van der Waals surface area (Å²) in [5.41, 5.74) is 0.547. The van der Waals surface area contributed by atoms with E-state index in [1.807, 2.05) is 0 Å². The van der Waals surface area contributed by atoms with E-state index in [9.17, 15) is 4.21 Å². The maximum Gasteiger partial charge on any atom is 0.157 e. The molecule has 0 aliphatic rings. The normalized spacial score (nSPS) is 12.8. The van der Waals surface area contributed by atoms with Gasteiger partial charge < -0.3 is 9.66 Å². The van der Waals surface area contributed by atoms with E-state index in [-0.39, 0.29) is 11.5 Å². The first-order chi connectivity index (χ1) is 5.18. The van der Waals surface area contributed by atoms with Crippen LogP contribution in [0.1, 0.15) is 5.56 Å². The van der Waals surface area contributed by atoms with Crippen molar-refractivity contribution in [3.63, 3.8) is 0 Å². The number of rotatable bonds is 2. The Bertz CT molecular complexity index is 276. The highest BCUT2D eigenvalue weighted by Gasteiger charge is 1.98. The van der Waals surface area contributed by atoms with Crippen LogP contribution in [0.5, 0.6) is 5.75 Å². The Hall–Kier alpha value is -0.940. The minimum absolute atomic E-state index is 0.00139. The molecular weight excluding hydrogens is 166 g/mol. The molecule has 0 aliphatic heterocycles. The Morgan fingerprint density at radius 3 is 2.82 bits per heavy atom. The standard InChI is InChI=1S/C6H7NO3S/c8-6-1-5(2-7-3-6)4-11(9)10/h1-3,8H,4H2,(H,9,10). The van der Waals surface area contributed by atoms with Crippen molar-refractivity contribution < 1.29 is 13.9 Å². The molecule has 0 amide bonds. The second-order valence-electron chi connectivity index (χ2n) is 2.02. The molecular formula is C6H7NO3S. The molecule has 0 radical (unpaired) electrons. The second kappa shape index (κ2) is 3.45. The molecule has 0 aliphatic carbocycles. The Balaban J connectivity index is 2.79. The lowest BCUT2D eigenvalue weighted by Crippen LogP contribution is -1.92. The van der Waals surface area contributed by atoms with E-state index < -0.39 is 11.1 Å². The van der Waals surface area contributed by atoms with Gasteiger partial charge in [-0.2, -0.15) is 0 Å². The molecule has 0 aromatic carbocycles. The predicted molar refractivity (Wildman–Crippen MR) is 40.4 cm³/mol. The minimum atomic E-state index is -1.88. The lowest BCUT2D eigenvalue weighted by molar-refractivity contribution is 0.472. The lowest BCUT2D eigenvalue weighted by Gasteiger charge is -1.95. The van der Waals surface area contributed by atoms with Gasteiger partial charge in [0.25, 0.3) is 0 Å². The van der Waals surface area contributed by atoms with E-state index in [4.69, 9.17) is 9.66 Å². The molecule has 1 unspecified atom stereocenters. The van der Waals surface area contributed by atoms with Crippen molar-refractivity contribution in [3.05, 3.63) is 24.0 Å². The summed E-state index contributed by atoms with van der Waals surface area (Å²) in [5, 5.41) is 8.88. The molecule has 1 heterocycles. The number of aromatic hydroxyl groups is 1. The predicted octanol–water partition coefficient (Wildman–Crippen LogP) is 0.509. The smallest absolute Gasteiger partial charge is 0.157 e. The highest BCUT2D eigenvalue weighted by atomic mass is 32.2. The molecule has 5 heteroatoms. The van der Waals surface area contributed by atoms with E-state index in [2.05, 4.69) is 4.98 Å². The monoisotopic (exact) mass is 173 g/mol. The maximum absolute atomic E-state index is 10.3. The number of aromatic nitrogens is 1. The van der Waals surface area contributed by atoms with E-state index in [1.165, 1.54) is 18.5 Å². The van der Waals surface area contributed by atoms with Gasteiger partial charge >= 0.3 is 0 Å². The van der Waals surface area contributed by atoms with Crippen LogP contribution in [-0.4, -0.2) is 18.9 Å². The lowest BCUT2D eigenvalue weighted by atomic mass is 10.3. The van der Waals surface area contributed by atoms with Crippen molar-refractivity contribution >= 4 is 11.1 Å². The van der Waals surface area contributed by atoms with Gasteiger partial charge in [0, 0.05) is 6.20 Å². The molecule has 60 valence electrons. The van der Waals surface area contributed by atoms with Crippen LogP contribution in [0, 0.1) is 0 Å². The van der Waals surface area contributed by atoms with Crippen molar-refractivity contribution in [1.29, 1.82) is 0 Å². The third-order valence-corrected chi connectivity index (χ3v) is 1.65. The Morgan fingerprint density at radius 1 is 1.55 bits per heavy atom. The van der Waals surface area contributed by atoms with E-state index in [0.717, 1.165) is 0 Å². The number of hydrogen-bond acceptors (Lipinski definition) is 3. The van der Waals surface area contributed by atoms with Gasteiger partial charge in [0.05, 0.1) is 11.9 Å². The van der Waals surface area contributed by atoms with Crippen LogP contribution in [0.4, 0.5) is 0 Å². The van der Waals surface area contributed by atoms with Crippen LogP contribution < -0.4 is 0 Å². The van der Waals surface area contributed by atoms with Crippen LogP contribution in [0.3, 0.4) is 0 Å². The van der Waals surface area contributed by atoms with Crippen molar-refractivity contribution in [3.8, 4) is 5.75 Å². The fourth-order valence-electron chi connectivity index (χ4n) is 0.695. The minimum Gasteiger partial charge on any atom is -0.506 e. The highest BCUT2D eigenvalue weighted by Crippen LogP contribution is 2.09. The molecule has 0 bridgehead atoms. The first-order valence-electron chi connectivity index (χ1n) is 2.89. The van der Waals surface area contributed by atoms with Crippen molar-refractivity contribution in [2.24, 2.45) is 0 Å². The third-order valence-electron chi connectivity index (χ3n) is 1.07. The Labute approximate surface area is 66.2 Å². The first-order valence-corrected chi connectivity index (χ1v) is 4.16. The zero-order valence-corrected chi connectivity index (χ0v) is 6.41. The largest absolute Gasteiger partial charge is 0.506 e. The summed E-state index contributed by atoms with van der Waals surface area (Å²) < 4.78 is 18.7. The SMILES string of the molecule is O=S(O)Cc1cncc(O)c1. The Kier molecular flexibility index (Phi) is 2.56. The molecule has 4 nitrogen and oxygen atoms in total. The first kappa shape index (κ1) is 8.16. The van der Waals surface area contributed by atoms with Crippen molar-refractivity contribution in [2.75, 3.05) is 0 Å². The molecule has 2 N–H and O–H groups in total. The second-order valence-corrected chi connectivity index (χ2v) is 2.95. The fourth-order valence-corrected chi connectivity index (χ4v) is 1.14. The summed E-state index contributed by atoms with van der Waals surface area (Å²) >= 11 is -1.88. The van der Waals surface area contributed by atoms with Crippen molar-refractivity contribution in [1.82, 2.24) is 4.98 Å². The van der Waals surface area contributed by atoms with E-state index >= 15 is 0 Å². The topological polar surface area (TPSA) is 70.4 Å². The summed E-state index contributed by atoms with van der Waals surface area (Å²) in [6.45, 7) is 0. The van der Waals surface area contributed by atoms with Gasteiger partial charge in [0.15, 0.2) is 11.1 Å². The number of nitrogens with zero attached hydrogens (tertiary/aromatic N) is 1. The highest BCUT2D eigenvalue weighted by molar-refractivity contribution is 7.78. The van der Waals surface area contributed by atoms with Crippen LogP contribution in [-0.2, 0) is 16.8 Å². The quantitative estimate of drug-likeness (QED) is 0.639. The average molecular weight is 173 g/mol. The van der Waals surface area contributed by atoms with Crippen molar-refractivity contribution in [2.45, 2.75) is 5.75 Å². The molecule has 1 aromatic rings. The van der Waals surface area contributed by atoms with Crippen LogP contribution >= 0.6 is 0 Å². The third kappa shape index (κ3) is 2.65. The van der Waals surface area contributed by atoms with Gasteiger partial charge in [-0.1, -0.05) is 0 Å². The van der Waals surface area contributed by atoms with Gasteiger partial charge in [-0.3, -0.25) is 4.98 Å². The van der Waals surface area contributed by atoms with E-state index in [0.29, 0.717) is 5.56 Å². The molecule has 11 heavy (non-hydrogen) atoms. The molecule has 1 aromatic heterocycles. The summed E-state index contributed by atoms with van der Waals surface area (Å²) in [7, 11) is 0. The zero-order chi connectivity index (χ0) is 8.27. The Morgan fingerprint density at radius 2 is 2.27 bits per heavy atom. The van der Waals surface area contributed by atoms with Gasteiger partial charge in [-0.05, 0) is 11.6 Å².